The summed E-state index contributed by atoms with van der Waals surface area (Å²) in [5, 5.41) is 0. The van der Waals surface area contributed by atoms with Crippen LogP contribution in [0, 0.1) is 0 Å². The minimum absolute atomic E-state index is 0.1000. The number of hydrogen-bond donors (Lipinski definition) is 0. The smallest absolute Gasteiger partial charge is 0.370 e. The van der Waals surface area contributed by atoms with E-state index in [1.807, 2.05) is 6.92 Å². The molecule has 0 radical (unpaired) electrons. The predicted molar refractivity (Wildman–Crippen MR) is 65.7 cm³/mol. The Morgan fingerprint density at radius 3 is 2.33 bits per heavy atom. The van der Waals surface area contributed by atoms with Crippen LogP contribution in [0.15, 0.2) is 0 Å². The fourth-order valence-corrected chi connectivity index (χ4v) is 2.38. The first-order valence-corrected chi connectivity index (χ1v) is 6.45. The average molecular weight is 266 g/mol. The third-order valence-corrected chi connectivity index (χ3v) is 3.32. The number of methoxy groups -OCH3 is 2. The lowest BCUT2D eigenvalue weighted by molar-refractivity contribution is -0.219. The molecule has 18 heavy (non-hydrogen) atoms. The molecule has 0 bridgehead atoms. The van der Waals surface area contributed by atoms with E-state index in [2.05, 4.69) is 0 Å². The van der Waals surface area contributed by atoms with Crippen molar-refractivity contribution in [1.29, 1.82) is 0 Å². The molecule has 0 N–H and O–H groups in total. The van der Waals surface area contributed by atoms with Crippen LogP contribution in [0.5, 0.6) is 0 Å². The van der Waals surface area contributed by atoms with Crippen molar-refractivity contribution in [3.05, 3.63) is 0 Å². The van der Waals surface area contributed by atoms with Gasteiger partial charge in [0.25, 0.3) is 0 Å². The maximum Gasteiger partial charge on any atom is 0.370 e. The summed E-state index contributed by atoms with van der Waals surface area (Å²) in [5.74, 6) is 0. The summed E-state index contributed by atoms with van der Waals surface area (Å²) in [6.45, 7) is 3.59. The van der Waals surface area contributed by atoms with Crippen LogP contribution < -0.4 is 0 Å². The topological polar surface area (TPSA) is 24.9 Å². The second kappa shape index (κ2) is 7.33. The number of halogens is 2. The van der Waals surface area contributed by atoms with Crippen LogP contribution in [0.2, 0.25) is 0 Å². The Morgan fingerprint density at radius 2 is 1.78 bits per heavy atom. The van der Waals surface area contributed by atoms with Crippen LogP contribution in [0.4, 0.5) is 8.78 Å². The van der Waals surface area contributed by atoms with Crippen molar-refractivity contribution in [3.63, 3.8) is 0 Å². The normalized spacial score (nSPS) is 24.8. The van der Waals surface area contributed by atoms with Gasteiger partial charge in [-0.05, 0) is 6.42 Å². The van der Waals surface area contributed by atoms with Crippen molar-refractivity contribution < 1.29 is 18.3 Å². The van der Waals surface area contributed by atoms with E-state index in [0.717, 1.165) is 12.8 Å². The molecule has 0 amide bonds. The van der Waals surface area contributed by atoms with E-state index < -0.39 is 6.17 Å². The second-order valence-electron chi connectivity index (χ2n) is 4.58. The van der Waals surface area contributed by atoms with Crippen LogP contribution in [-0.2, 0) is 9.47 Å². The fourth-order valence-electron chi connectivity index (χ4n) is 2.38. The molecular formula is C12H24F2N2O2. The highest BCUT2D eigenvalue weighted by Gasteiger charge is 2.52. The Labute approximate surface area is 108 Å². The number of ether oxygens (including phenoxy) is 2. The van der Waals surface area contributed by atoms with E-state index in [9.17, 15) is 8.78 Å². The standard InChI is InChI=1S/C12H24F2N2O2/c1-4-5-11-10-15(6-8-17-2)12(13,14)16(11)7-9-18-3/h11H,4-10H2,1-3H3. The molecule has 0 aromatic rings. The quantitative estimate of drug-likeness (QED) is 0.623. The van der Waals surface area contributed by atoms with E-state index in [1.54, 1.807) is 0 Å². The highest BCUT2D eigenvalue weighted by Crippen LogP contribution is 2.35. The van der Waals surface area contributed by atoms with Crippen molar-refractivity contribution in [2.75, 3.05) is 47.1 Å². The molecule has 4 nitrogen and oxygen atoms in total. The van der Waals surface area contributed by atoms with Crippen LogP contribution in [-0.4, -0.2) is 69.1 Å². The van der Waals surface area contributed by atoms with Gasteiger partial charge in [0.05, 0.1) is 13.2 Å². The van der Waals surface area contributed by atoms with Crippen LogP contribution >= 0.6 is 0 Å². The summed E-state index contributed by atoms with van der Waals surface area (Å²) in [6, 6.07) is -0.1000. The van der Waals surface area contributed by atoms with Gasteiger partial charge in [0.1, 0.15) is 0 Å². The lowest BCUT2D eigenvalue weighted by Gasteiger charge is -2.30. The monoisotopic (exact) mass is 266 g/mol. The highest BCUT2D eigenvalue weighted by atomic mass is 19.3. The first-order chi connectivity index (χ1) is 8.57. The molecule has 0 aromatic carbocycles. The highest BCUT2D eigenvalue weighted by molar-refractivity contribution is 4.89. The summed E-state index contributed by atoms with van der Waals surface area (Å²) in [5.41, 5.74) is 0. The number of nitrogens with zero attached hydrogens (tertiary/aromatic N) is 2. The fraction of sp³-hybridized carbons (Fsp3) is 1.00. The molecule has 0 aliphatic carbocycles. The molecule has 1 atom stereocenters. The summed E-state index contributed by atoms with van der Waals surface area (Å²) >= 11 is 0. The van der Waals surface area contributed by atoms with Crippen LogP contribution in [0.1, 0.15) is 19.8 Å². The van der Waals surface area contributed by atoms with Gasteiger partial charge >= 0.3 is 6.17 Å². The Hall–Kier alpha value is -0.300. The van der Waals surface area contributed by atoms with Crippen molar-refractivity contribution in [3.8, 4) is 0 Å². The van der Waals surface area contributed by atoms with Gasteiger partial charge in [0.15, 0.2) is 0 Å². The predicted octanol–water partition coefficient (Wildman–Crippen LogP) is 1.62. The molecule has 1 aliphatic rings. The van der Waals surface area contributed by atoms with E-state index in [0.29, 0.717) is 19.8 Å². The maximum absolute atomic E-state index is 14.2. The first-order valence-electron chi connectivity index (χ1n) is 6.45. The number of alkyl halides is 2. The molecule has 1 unspecified atom stereocenters. The molecule has 1 aliphatic heterocycles. The largest absolute Gasteiger partial charge is 0.383 e. The van der Waals surface area contributed by atoms with E-state index >= 15 is 0 Å². The van der Waals surface area contributed by atoms with Crippen LogP contribution in [0.3, 0.4) is 0 Å². The first kappa shape index (κ1) is 15.8. The van der Waals surface area contributed by atoms with Gasteiger partial charge in [-0.25, -0.2) is 9.80 Å². The van der Waals surface area contributed by atoms with E-state index in [4.69, 9.17) is 9.47 Å². The molecule has 0 spiro atoms. The molecule has 1 fully saturated rings. The molecular weight excluding hydrogens is 242 g/mol. The maximum atomic E-state index is 14.2. The SMILES string of the molecule is CCCC1CN(CCOC)C(F)(F)N1CCOC. The third-order valence-electron chi connectivity index (χ3n) is 3.32. The zero-order chi connectivity index (χ0) is 13.6. The molecule has 6 heteroatoms. The molecule has 1 heterocycles. The van der Waals surface area contributed by atoms with Gasteiger partial charge in [-0.2, -0.15) is 8.78 Å². The van der Waals surface area contributed by atoms with E-state index in [1.165, 1.54) is 24.0 Å². The third kappa shape index (κ3) is 3.60. The summed E-state index contributed by atoms with van der Waals surface area (Å²) < 4.78 is 38.3. The van der Waals surface area contributed by atoms with Crippen molar-refractivity contribution >= 4 is 0 Å². The summed E-state index contributed by atoms with van der Waals surface area (Å²) in [7, 11) is 3.06. The minimum atomic E-state index is -2.89. The van der Waals surface area contributed by atoms with Crippen molar-refractivity contribution in [2.45, 2.75) is 32.0 Å². The minimum Gasteiger partial charge on any atom is -0.383 e. The zero-order valence-electron chi connectivity index (χ0n) is 11.5. The molecule has 0 aromatic heterocycles. The van der Waals surface area contributed by atoms with Gasteiger partial charge in [-0.15, -0.1) is 0 Å². The van der Waals surface area contributed by atoms with Crippen molar-refractivity contribution in [1.82, 2.24) is 9.80 Å². The summed E-state index contributed by atoms with van der Waals surface area (Å²) in [4.78, 5) is 2.46. The van der Waals surface area contributed by atoms with Crippen LogP contribution in [0.25, 0.3) is 0 Å². The van der Waals surface area contributed by atoms with E-state index in [-0.39, 0.29) is 19.1 Å². The van der Waals surface area contributed by atoms with Gasteiger partial charge in [-0.1, -0.05) is 13.3 Å². The van der Waals surface area contributed by atoms with Gasteiger partial charge in [0.2, 0.25) is 0 Å². The lowest BCUT2D eigenvalue weighted by Crippen LogP contribution is -2.49. The van der Waals surface area contributed by atoms with Gasteiger partial charge in [0, 0.05) is 39.9 Å². The number of rotatable bonds is 8. The van der Waals surface area contributed by atoms with Crippen molar-refractivity contribution in [2.24, 2.45) is 0 Å². The molecule has 1 rings (SSSR count). The second-order valence-corrected chi connectivity index (χ2v) is 4.58. The number of hydrogen-bond acceptors (Lipinski definition) is 4. The molecule has 1 saturated heterocycles. The summed E-state index contributed by atoms with van der Waals surface area (Å²) in [6.07, 6.45) is -1.21. The molecule has 0 saturated carbocycles. The lowest BCUT2D eigenvalue weighted by atomic mass is 10.1. The Kier molecular flexibility index (Phi) is 6.42. The van der Waals surface area contributed by atoms with Gasteiger partial charge < -0.3 is 9.47 Å². The zero-order valence-corrected chi connectivity index (χ0v) is 11.5. The van der Waals surface area contributed by atoms with Gasteiger partial charge in [-0.3, -0.25) is 0 Å². The Morgan fingerprint density at radius 1 is 1.17 bits per heavy atom. The Bertz CT molecular complexity index is 242. The Balaban J connectivity index is 2.68. The molecule has 108 valence electrons. The average Bonchev–Trinajstić information content (AvgIpc) is 2.56.